The van der Waals surface area contributed by atoms with Gasteiger partial charge in [-0.15, -0.1) is 0 Å². The zero-order valence-corrected chi connectivity index (χ0v) is 26.3. The molecule has 1 saturated carbocycles. The van der Waals surface area contributed by atoms with Crippen molar-refractivity contribution in [2.24, 2.45) is 0 Å². The van der Waals surface area contributed by atoms with Gasteiger partial charge >= 0.3 is 0 Å². The van der Waals surface area contributed by atoms with Crippen molar-refractivity contribution in [2.45, 2.75) is 24.9 Å². The Balaban J connectivity index is 1.29. The van der Waals surface area contributed by atoms with E-state index in [9.17, 15) is 0 Å². The van der Waals surface area contributed by atoms with Crippen LogP contribution in [0, 0.1) is 0 Å². The smallest absolute Gasteiger partial charge is 0.0620 e. The molecule has 0 aliphatic heterocycles. The van der Waals surface area contributed by atoms with Gasteiger partial charge in [-0.1, -0.05) is 103 Å². The minimum atomic E-state index is -1.86. The largest absolute Gasteiger partial charge is 0.115 e. The molecule has 0 radical (unpaired) electrons. The summed E-state index contributed by atoms with van der Waals surface area (Å²) in [5.74, 6) is 0. The molecule has 1 aliphatic carbocycles. The third kappa shape index (κ3) is 5.29. The fourth-order valence-corrected chi connectivity index (χ4v) is 16.2. The van der Waals surface area contributed by atoms with Crippen molar-refractivity contribution in [1.82, 2.24) is 0 Å². The van der Waals surface area contributed by atoms with Gasteiger partial charge in [-0.3, -0.25) is 0 Å². The Kier molecular flexibility index (Phi) is 8.08. The first-order valence-electron chi connectivity index (χ1n) is 15.5. The van der Waals surface area contributed by atoms with Crippen LogP contribution in [-0.2, 0) is 6.42 Å². The van der Waals surface area contributed by atoms with Gasteiger partial charge in [0, 0.05) is 6.42 Å². The van der Waals surface area contributed by atoms with Gasteiger partial charge < -0.3 is 0 Å². The van der Waals surface area contributed by atoms with Crippen molar-refractivity contribution in [1.29, 1.82) is 0 Å². The lowest BCUT2D eigenvalue weighted by Crippen LogP contribution is -2.34. The van der Waals surface area contributed by atoms with Crippen LogP contribution in [0.4, 0.5) is 0 Å². The van der Waals surface area contributed by atoms with E-state index in [1.54, 1.807) is 0 Å². The zero-order valence-electron chi connectivity index (χ0n) is 24.5. The van der Waals surface area contributed by atoms with Crippen LogP contribution in [0.25, 0.3) is 0 Å². The molecule has 0 saturated heterocycles. The van der Waals surface area contributed by atoms with Gasteiger partial charge in [0.2, 0.25) is 0 Å². The molecular weight excluding hydrogens is 554 g/mol. The average molecular weight is 593 g/mol. The Hall–Kier alpha value is -3.82. The van der Waals surface area contributed by atoms with E-state index in [2.05, 4.69) is 176 Å². The number of hydrogen-bond donors (Lipinski definition) is 0. The van der Waals surface area contributed by atoms with Crippen LogP contribution in [0.1, 0.15) is 18.4 Å². The van der Waals surface area contributed by atoms with Crippen LogP contribution in [0.2, 0.25) is 0 Å². The molecule has 0 heterocycles. The Labute approximate surface area is 258 Å². The van der Waals surface area contributed by atoms with Gasteiger partial charge in [-0.05, 0) is 91.2 Å². The second kappa shape index (κ2) is 12.4. The maximum atomic E-state index is 2.48. The van der Waals surface area contributed by atoms with E-state index in [1.165, 1.54) is 50.2 Å². The van der Waals surface area contributed by atoms with E-state index in [0.29, 0.717) is 0 Å². The minimum absolute atomic E-state index is 0.732. The van der Waals surface area contributed by atoms with E-state index < -0.39 is 14.5 Å². The second-order valence-electron chi connectivity index (χ2n) is 11.6. The summed E-state index contributed by atoms with van der Waals surface area (Å²) in [4.78, 5) is 0. The van der Waals surface area contributed by atoms with Crippen LogP contribution in [0.5, 0.6) is 0 Å². The summed E-state index contributed by atoms with van der Waals surface area (Å²) in [5.41, 5.74) is 2.15. The van der Waals surface area contributed by atoms with Crippen LogP contribution in [-0.4, -0.2) is 11.8 Å². The highest BCUT2D eigenvalue weighted by molar-refractivity contribution is 7.96. The van der Waals surface area contributed by atoms with E-state index in [1.807, 2.05) is 0 Å². The van der Waals surface area contributed by atoms with E-state index in [-0.39, 0.29) is 0 Å². The predicted molar refractivity (Wildman–Crippen MR) is 192 cm³/mol. The van der Waals surface area contributed by atoms with Crippen LogP contribution >= 0.6 is 14.5 Å². The highest BCUT2D eigenvalue weighted by atomic mass is 31.2. The molecule has 0 N–H and O–H groups in total. The molecule has 0 aromatic heterocycles. The fraction of sp³-hybridized carbons (Fsp3) is 0.122. The summed E-state index contributed by atoms with van der Waals surface area (Å²) in [7, 11) is -3.58. The van der Waals surface area contributed by atoms with E-state index >= 15 is 0 Å². The zero-order chi connectivity index (χ0) is 29.0. The first kappa shape index (κ1) is 28.0. The predicted octanol–water partition coefficient (Wildman–Crippen LogP) is 7.68. The Morgan fingerprint density at radius 2 is 0.698 bits per heavy atom. The van der Waals surface area contributed by atoms with Crippen molar-refractivity contribution in [2.75, 3.05) is 6.16 Å². The first-order valence-corrected chi connectivity index (χ1v) is 19.3. The maximum Gasteiger partial charge on any atom is 0.115 e. The minimum Gasteiger partial charge on any atom is -0.0620 e. The third-order valence-electron chi connectivity index (χ3n) is 9.09. The Bertz CT molecular complexity index is 1590. The number of aryl methyl sites for hydroxylation is 1. The molecular formula is C41H38P2+2. The van der Waals surface area contributed by atoms with Crippen LogP contribution in [0.15, 0.2) is 176 Å². The number of hydrogen-bond acceptors (Lipinski definition) is 0. The van der Waals surface area contributed by atoms with E-state index in [4.69, 9.17) is 0 Å². The van der Waals surface area contributed by atoms with Crippen molar-refractivity contribution in [3.8, 4) is 0 Å². The molecule has 0 atom stereocenters. The molecule has 0 unspecified atom stereocenters. The summed E-state index contributed by atoms with van der Waals surface area (Å²) in [6, 6.07) is 66.4. The number of benzene rings is 6. The normalized spacial score (nSPS) is 13.5. The molecule has 2 heteroatoms. The molecule has 7 rings (SSSR count). The SMILES string of the molecule is c1ccc([P+](CCc2ccc([P+](c3ccccc3)(c3ccccc3)C3CC3)cc2)(c2ccccc2)c2ccccc2)cc1. The molecule has 0 bridgehead atoms. The molecule has 6 aromatic rings. The maximum absolute atomic E-state index is 2.48. The lowest BCUT2D eigenvalue weighted by molar-refractivity contribution is 1.15. The summed E-state index contributed by atoms with van der Waals surface area (Å²) in [6.07, 6.45) is 4.78. The molecule has 0 nitrogen and oxygen atoms in total. The summed E-state index contributed by atoms with van der Waals surface area (Å²) in [5, 5.41) is 8.91. The Morgan fingerprint density at radius 1 is 0.372 bits per heavy atom. The van der Waals surface area contributed by atoms with Gasteiger partial charge in [0.1, 0.15) is 46.4 Å². The average Bonchev–Trinajstić information content (AvgIpc) is 3.95. The lowest BCUT2D eigenvalue weighted by atomic mass is 10.2. The van der Waals surface area contributed by atoms with Crippen molar-refractivity contribution in [3.63, 3.8) is 0 Å². The van der Waals surface area contributed by atoms with Crippen molar-refractivity contribution >= 4 is 46.4 Å². The first-order chi connectivity index (χ1) is 21.3. The fourth-order valence-electron chi connectivity index (χ4n) is 6.94. The van der Waals surface area contributed by atoms with Gasteiger partial charge in [0.25, 0.3) is 0 Å². The van der Waals surface area contributed by atoms with Gasteiger partial charge in [-0.2, -0.15) is 0 Å². The molecule has 0 spiro atoms. The van der Waals surface area contributed by atoms with E-state index in [0.717, 1.165) is 18.2 Å². The molecule has 1 aliphatic rings. The number of rotatable bonds is 10. The van der Waals surface area contributed by atoms with Gasteiger partial charge in [-0.25, -0.2) is 0 Å². The van der Waals surface area contributed by atoms with Crippen LogP contribution in [0.3, 0.4) is 0 Å². The van der Waals surface area contributed by atoms with Gasteiger partial charge in [0.15, 0.2) is 0 Å². The molecule has 6 aromatic carbocycles. The molecule has 210 valence electrons. The van der Waals surface area contributed by atoms with Crippen LogP contribution < -0.4 is 31.8 Å². The van der Waals surface area contributed by atoms with Crippen molar-refractivity contribution in [3.05, 3.63) is 181 Å². The quantitative estimate of drug-likeness (QED) is 0.143. The molecule has 0 amide bonds. The third-order valence-corrected chi connectivity index (χ3v) is 18.5. The van der Waals surface area contributed by atoms with Gasteiger partial charge in [0.05, 0.1) is 11.8 Å². The topological polar surface area (TPSA) is 0 Å². The second-order valence-corrected chi connectivity index (χ2v) is 18.9. The monoisotopic (exact) mass is 592 g/mol. The highest BCUT2D eigenvalue weighted by Crippen LogP contribution is 2.67. The molecule has 1 fully saturated rings. The highest BCUT2D eigenvalue weighted by Gasteiger charge is 2.57. The summed E-state index contributed by atoms with van der Waals surface area (Å²) in [6.45, 7) is 0. The standard InChI is InChI=1S/C41H38P2/c1-6-16-35(17-7-1)42(36-18-8-2-9-19-36,37-20-10-3-11-21-37)33-32-34-26-28-40(29-27-34)43(41-30-31-41,38-22-12-4-13-23-38)39-24-14-5-15-25-39/h1-29,41H,30-33H2/q+2. The molecule has 43 heavy (non-hydrogen) atoms. The lowest BCUT2D eigenvalue weighted by Gasteiger charge is -2.28. The summed E-state index contributed by atoms with van der Waals surface area (Å²) < 4.78 is 0. The summed E-state index contributed by atoms with van der Waals surface area (Å²) >= 11 is 0. The Morgan fingerprint density at radius 3 is 1.05 bits per heavy atom. The van der Waals surface area contributed by atoms with Crippen molar-refractivity contribution < 1.29 is 0 Å².